The molecule has 0 aliphatic heterocycles. The fraction of sp³-hybridized carbons (Fsp3) is 0.429. The van der Waals surface area contributed by atoms with E-state index >= 15 is 0 Å². The predicted molar refractivity (Wildman–Crippen MR) is 82.6 cm³/mol. The van der Waals surface area contributed by atoms with Crippen LogP contribution in [0.25, 0.3) is 0 Å². The highest BCUT2D eigenvalue weighted by Gasteiger charge is 2.15. The summed E-state index contributed by atoms with van der Waals surface area (Å²) in [5.74, 6) is 1.68. The molecule has 0 spiro atoms. The van der Waals surface area contributed by atoms with E-state index in [0.29, 0.717) is 0 Å². The number of anilines is 1. The van der Waals surface area contributed by atoms with Gasteiger partial charge in [-0.15, -0.1) is 0 Å². The third-order valence-electron chi connectivity index (χ3n) is 3.08. The fourth-order valence-electron chi connectivity index (χ4n) is 2.00. The van der Waals surface area contributed by atoms with Crippen LogP contribution in [-0.2, 0) is 0 Å². The summed E-state index contributed by atoms with van der Waals surface area (Å²) in [7, 11) is 5.82. The lowest BCUT2D eigenvalue weighted by Gasteiger charge is -2.25. The van der Waals surface area contributed by atoms with Crippen LogP contribution in [0.4, 0.5) is 5.13 Å². The van der Waals surface area contributed by atoms with Gasteiger partial charge in [-0.2, -0.15) is 4.37 Å². The molecule has 20 heavy (non-hydrogen) atoms. The second-order valence-electron chi connectivity index (χ2n) is 4.78. The number of likely N-dealkylation sites (N-methyl/N-ethyl adjacent to an activating group) is 1. The van der Waals surface area contributed by atoms with Crippen LogP contribution in [0.3, 0.4) is 0 Å². The maximum atomic E-state index is 5.29. The summed E-state index contributed by atoms with van der Waals surface area (Å²) in [6.45, 7) is 2.67. The quantitative estimate of drug-likeness (QED) is 0.887. The molecule has 0 radical (unpaired) electrons. The van der Waals surface area contributed by atoms with E-state index in [1.165, 1.54) is 17.1 Å². The van der Waals surface area contributed by atoms with Gasteiger partial charge in [0.2, 0.25) is 5.13 Å². The number of benzene rings is 1. The number of aromatic nitrogens is 2. The van der Waals surface area contributed by atoms with Crippen molar-refractivity contribution in [3.63, 3.8) is 0 Å². The van der Waals surface area contributed by atoms with Gasteiger partial charge >= 0.3 is 0 Å². The van der Waals surface area contributed by atoms with Crippen molar-refractivity contribution in [3.05, 3.63) is 35.7 Å². The Bertz CT molecular complexity index is 556. The molecule has 108 valence electrons. The summed E-state index contributed by atoms with van der Waals surface area (Å²) >= 11 is 1.39. The van der Waals surface area contributed by atoms with Crippen LogP contribution >= 0.6 is 11.5 Å². The Balaban J connectivity index is 2.10. The second-order valence-corrected chi connectivity index (χ2v) is 5.54. The molecule has 1 unspecified atom stereocenters. The highest BCUT2D eigenvalue weighted by molar-refractivity contribution is 7.09. The summed E-state index contributed by atoms with van der Waals surface area (Å²) in [6, 6.07) is 8.39. The number of rotatable bonds is 6. The first-order valence-electron chi connectivity index (χ1n) is 6.44. The van der Waals surface area contributed by atoms with Crippen molar-refractivity contribution in [1.29, 1.82) is 0 Å². The minimum absolute atomic E-state index is 0.245. The van der Waals surface area contributed by atoms with Crippen molar-refractivity contribution in [2.24, 2.45) is 0 Å². The Morgan fingerprint density at radius 2 is 2.20 bits per heavy atom. The van der Waals surface area contributed by atoms with E-state index in [0.717, 1.165) is 23.3 Å². The van der Waals surface area contributed by atoms with Gasteiger partial charge in [0, 0.05) is 18.1 Å². The molecular weight excluding hydrogens is 272 g/mol. The Kier molecular flexibility index (Phi) is 4.92. The molecule has 0 saturated carbocycles. The molecule has 1 aromatic carbocycles. The summed E-state index contributed by atoms with van der Waals surface area (Å²) < 4.78 is 9.47. The zero-order valence-corrected chi connectivity index (χ0v) is 13.1. The molecule has 0 bridgehead atoms. The summed E-state index contributed by atoms with van der Waals surface area (Å²) in [5.41, 5.74) is 1.21. The molecule has 2 aromatic rings. The number of aryl methyl sites for hydroxylation is 1. The van der Waals surface area contributed by atoms with Crippen LogP contribution in [0.15, 0.2) is 24.3 Å². The Morgan fingerprint density at radius 3 is 2.80 bits per heavy atom. The van der Waals surface area contributed by atoms with Crippen molar-refractivity contribution >= 4 is 16.7 Å². The molecule has 0 amide bonds. The molecule has 0 fully saturated rings. The van der Waals surface area contributed by atoms with Gasteiger partial charge in [0.25, 0.3) is 0 Å². The Hall–Kier alpha value is -1.66. The van der Waals surface area contributed by atoms with Gasteiger partial charge in [0.05, 0.1) is 13.2 Å². The molecule has 1 aromatic heterocycles. The number of ether oxygens (including phenoxy) is 1. The van der Waals surface area contributed by atoms with E-state index in [-0.39, 0.29) is 6.04 Å². The minimum Gasteiger partial charge on any atom is -0.497 e. The number of nitrogens with one attached hydrogen (secondary N) is 1. The van der Waals surface area contributed by atoms with Crippen LogP contribution in [-0.4, -0.2) is 42.0 Å². The largest absolute Gasteiger partial charge is 0.497 e. The summed E-state index contributed by atoms with van der Waals surface area (Å²) in [6.07, 6.45) is 0. The van der Waals surface area contributed by atoms with E-state index < -0.39 is 0 Å². The fourth-order valence-corrected chi connectivity index (χ4v) is 2.58. The van der Waals surface area contributed by atoms with Gasteiger partial charge < -0.3 is 15.0 Å². The van der Waals surface area contributed by atoms with E-state index in [1.54, 1.807) is 7.11 Å². The maximum Gasteiger partial charge on any atom is 0.202 e. The smallest absolute Gasteiger partial charge is 0.202 e. The molecule has 0 aliphatic carbocycles. The molecule has 1 heterocycles. The lowest BCUT2D eigenvalue weighted by atomic mass is 10.1. The van der Waals surface area contributed by atoms with Crippen molar-refractivity contribution < 1.29 is 4.74 Å². The topological polar surface area (TPSA) is 50.3 Å². The Morgan fingerprint density at radius 1 is 1.40 bits per heavy atom. The van der Waals surface area contributed by atoms with Crippen LogP contribution in [0.2, 0.25) is 0 Å². The third-order valence-corrected chi connectivity index (χ3v) is 3.84. The Labute approximate surface area is 123 Å². The van der Waals surface area contributed by atoms with E-state index in [4.69, 9.17) is 4.74 Å². The van der Waals surface area contributed by atoms with Gasteiger partial charge in [-0.1, -0.05) is 12.1 Å². The SMILES string of the molecule is COc1cccc(C(CNc2nc(C)ns2)N(C)C)c1. The first kappa shape index (κ1) is 14.7. The predicted octanol–water partition coefficient (Wildman–Crippen LogP) is 2.57. The molecule has 0 aliphatic rings. The van der Waals surface area contributed by atoms with Crippen LogP contribution in [0.1, 0.15) is 17.4 Å². The van der Waals surface area contributed by atoms with Crippen LogP contribution in [0.5, 0.6) is 5.75 Å². The molecule has 2 rings (SSSR count). The molecular formula is C14H20N4OS. The normalized spacial score (nSPS) is 12.4. The first-order valence-corrected chi connectivity index (χ1v) is 7.22. The second kappa shape index (κ2) is 6.67. The van der Waals surface area contributed by atoms with Gasteiger partial charge in [0.1, 0.15) is 11.6 Å². The number of methoxy groups -OCH3 is 1. The van der Waals surface area contributed by atoms with Crippen LogP contribution < -0.4 is 10.1 Å². The van der Waals surface area contributed by atoms with Crippen molar-refractivity contribution in [1.82, 2.24) is 14.3 Å². The highest BCUT2D eigenvalue weighted by Crippen LogP contribution is 2.23. The molecule has 0 saturated heterocycles. The average molecular weight is 292 g/mol. The lowest BCUT2D eigenvalue weighted by Crippen LogP contribution is -2.26. The van der Waals surface area contributed by atoms with E-state index in [1.807, 2.05) is 19.1 Å². The molecule has 1 N–H and O–H groups in total. The molecule has 5 nitrogen and oxygen atoms in total. The monoisotopic (exact) mass is 292 g/mol. The maximum absolute atomic E-state index is 5.29. The lowest BCUT2D eigenvalue weighted by molar-refractivity contribution is 0.310. The van der Waals surface area contributed by atoms with Gasteiger partial charge in [-0.3, -0.25) is 0 Å². The summed E-state index contributed by atoms with van der Waals surface area (Å²) in [4.78, 5) is 6.50. The van der Waals surface area contributed by atoms with Crippen LogP contribution in [0, 0.1) is 6.92 Å². The number of hydrogen-bond donors (Lipinski definition) is 1. The zero-order valence-electron chi connectivity index (χ0n) is 12.3. The average Bonchev–Trinajstić information content (AvgIpc) is 2.84. The van der Waals surface area contributed by atoms with E-state index in [2.05, 4.69) is 45.8 Å². The minimum atomic E-state index is 0.245. The number of nitrogens with zero attached hydrogens (tertiary/aromatic N) is 3. The van der Waals surface area contributed by atoms with Gasteiger partial charge in [0.15, 0.2) is 0 Å². The van der Waals surface area contributed by atoms with Gasteiger partial charge in [-0.05, 0) is 38.7 Å². The van der Waals surface area contributed by atoms with E-state index in [9.17, 15) is 0 Å². The van der Waals surface area contributed by atoms with Gasteiger partial charge in [-0.25, -0.2) is 4.98 Å². The van der Waals surface area contributed by atoms with Crippen molar-refractivity contribution in [3.8, 4) is 5.75 Å². The standard InChI is InChI=1S/C14H20N4OS/c1-10-16-14(20-17-10)15-9-13(18(2)3)11-6-5-7-12(8-11)19-4/h5-8,13H,9H2,1-4H3,(H,15,16,17). The highest BCUT2D eigenvalue weighted by atomic mass is 32.1. The number of hydrogen-bond acceptors (Lipinski definition) is 6. The summed E-state index contributed by atoms with van der Waals surface area (Å²) in [5, 5.41) is 4.20. The van der Waals surface area contributed by atoms with Crippen molar-refractivity contribution in [2.75, 3.05) is 33.1 Å². The first-order chi connectivity index (χ1) is 9.60. The molecule has 6 heteroatoms. The zero-order chi connectivity index (χ0) is 14.5. The molecule has 1 atom stereocenters. The van der Waals surface area contributed by atoms with Crippen molar-refractivity contribution in [2.45, 2.75) is 13.0 Å². The third kappa shape index (κ3) is 3.68.